The number of carboxylic acid groups (broad SMARTS) is 1. The first-order chi connectivity index (χ1) is 11.8. The van der Waals surface area contributed by atoms with E-state index in [1.54, 1.807) is 0 Å². The van der Waals surface area contributed by atoms with Crippen molar-refractivity contribution in [2.45, 2.75) is 0 Å². The summed E-state index contributed by atoms with van der Waals surface area (Å²) in [7, 11) is 1.12. The molecule has 0 fully saturated rings. The van der Waals surface area contributed by atoms with Crippen LogP contribution in [0.3, 0.4) is 0 Å². The van der Waals surface area contributed by atoms with Crippen LogP contribution in [0.25, 0.3) is 0 Å². The third kappa shape index (κ3) is 3.64. The first-order valence-corrected chi connectivity index (χ1v) is 7.81. The standard InChI is InChI=1S/C15H14BrFN2O6/c1-25-15(24)7-6-19(4-5-20)13(21)11(7)18-12-9(17)3-2-8(16)10(12)14(22)23/h2-3,18,20H,4-6H2,1H3,(H,22,23). The molecule has 3 N–H and O–H groups in total. The predicted octanol–water partition coefficient (Wildman–Crippen LogP) is 0.960. The van der Waals surface area contributed by atoms with Gasteiger partial charge in [0.25, 0.3) is 5.91 Å². The van der Waals surface area contributed by atoms with E-state index in [2.05, 4.69) is 26.0 Å². The number of β-amino-alcohol motifs (C(OH)–C–C–N with tert-alkyl or cyclic N) is 1. The number of methoxy groups -OCH3 is 1. The van der Waals surface area contributed by atoms with Crippen molar-refractivity contribution in [1.29, 1.82) is 0 Å². The summed E-state index contributed by atoms with van der Waals surface area (Å²) in [6, 6.07) is 2.23. The van der Waals surface area contributed by atoms with Crippen LogP contribution in [0.1, 0.15) is 10.4 Å². The Kier molecular flexibility index (Phi) is 5.75. The number of nitrogens with one attached hydrogen (secondary N) is 1. The average Bonchev–Trinajstić information content (AvgIpc) is 2.87. The highest BCUT2D eigenvalue weighted by atomic mass is 79.9. The van der Waals surface area contributed by atoms with Gasteiger partial charge in [0.1, 0.15) is 17.1 Å². The highest BCUT2D eigenvalue weighted by Gasteiger charge is 2.35. The summed E-state index contributed by atoms with van der Waals surface area (Å²) in [5, 5.41) is 20.7. The number of carbonyl (C=O) groups is 3. The lowest BCUT2D eigenvalue weighted by Gasteiger charge is -2.16. The van der Waals surface area contributed by atoms with Gasteiger partial charge in [0.05, 0.1) is 31.5 Å². The monoisotopic (exact) mass is 416 g/mol. The van der Waals surface area contributed by atoms with Gasteiger partial charge < -0.3 is 25.2 Å². The maximum Gasteiger partial charge on any atom is 0.339 e. The summed E-state index contributed by atoms with van der Waals surface area (Å²) >= 11 is 3.02. The number of nitrogens with zero attached hydrogens (tertiary/aromatic N) is 1. The molecule has 134 valence electrons. The van der Waals surface area contributed by atoms with Gasteiger partial charge in [-0.25, -0.2) is 14.0 Å². The van der Waals surface area contributed by atoms with E-state index in [9.17, 15) is 23.9 Å². The number of aromatic carboxylic acids is 1. The Morgan fingerprint density at radius 2 is 2.12 bits per heavy atom. The lowest BCUT2D eigenvalue weighted by Crippen LogP contribution is -2.31. The van der Waals surface area contributed by atoms with Crippen LogP contribution >= 0.6 is 15.9 Å². The van der Waals surface area contributed by atoms with Gasteiger partial charge in [0, 0.05) is 11.0 Å². The van der Waals surface area contributed by atoms with Gasteiger partial charge in [-0.2, -0.15) is 0 Å². The number of carboxylic acids is 1. The fourth-order valence-corrected chi connectivity index (χ4v) is 2.86. The molecule has 0 unspecified atom stereocenters. The number of esters is 1. The molecule has 10 heteroatoms. The number of amides is 1. The normalized spacial score (nSPS) is 14.1. The number of hydrogen-bond donors (Lipinski definition) is 3. The molecule has 2 rings (SSSR count). The van der Waals surface area contributed by atoms with Gasteiger partial charge in [-0.1, -0.05) is 0 Å². The molecule has 0 atom stereocenters. The minimum Gasteiger partial charge on any atom is -0.478 e. The van der Waals surface area contributed by atoms with E-state index < -0.39 is 34.9 Å². The minimum atomic E-state index is -1.42. The first-order valence-electron chi connectivity index (χ1n) is 7.01. The third-order valence-corrected chi connectivity index (χ3v) is 4.18. The van der Waals surface area contributed by atoms with Gasteiger partial charge in [-0.15, -0.1) is 0 Å². The predicted molar refractivity (Wildman–Crippen MR) is 87.4 cm³/mol. The molecule has 25 heavy (non-hydrogen) atoms. The van der Waals surface area contributed by atoms with Crippen molar-refractivity contribution >= 4 is 39.5 Å². The summed E-state index contributed by atoms with van der Waals surface area (Å²) in [5.41, 5.74) is -1.26. The lowest BCUT2D eigenvalue weighted by molar-refractivity contribution is -0.136. The van der Waals surface area contributed by atoms with Crippen LogP contribution in [-0.2, 0) is 14.3 Å². The Bertz CT molecular complexity index is 780. The molecule has 0 radical (unpaired) electrons. The topological polar surface area (TPSA) is 116 Å². The number of aliphatic hydroxyl groups is 1. The van der Waals surface area contributed by atoms with E-state index in [0.29, 0.717) is 0 Å². The third-order valence-electron chi connectivity index (χ3n) is 3.52. The number of hydrogen-bond acceptors (Lipinski definition) is 6. The zero-order valence-corrected chi connectivity index (χ0v) is 14.6. The molecule has 1 aromatic rings. The second-order valence-corrected chi connectivity index (χ2v) is 5.86. The molecule has 1 aromatic carbocycles. The van der Waals surface area contributed by atoms with Crippen LogP contribution in [0.2, 0.25) is 0 Å². The van der Waals surface area contributed by atoms with Crippen molar-refractivity contribution < 1.29 is 33.7 Å². The fourth-order valence-electron chi connectivity index (χ4n) is 2.36. The molecule has 1 aliphatic heterocycles. The van der Waals surface area contributed by atoms with Gasteiger partial charge in [0.15, 0.2) is 0 Å². The smallest absolute Gasteiger partial charge is 0.339 e. The molecule has 1 heterocycles. The molecule has 0 saturated carbocycles. The van der Waals surface area contributed by atoms with E-state index >= 15 is 0 Å². The van der Waals surface area contributed by atoms with E-state index in [0.717, 1.165) is 18.1 Å². The van der Waals surface area contributed by atoms with Gasteiger partial charge in [-0.05, 0) is 28.1 Å². The highest BCUT2D eigenvalue weighted by Crippen LogP contribution is 2.31. The molecule has 8 nitrogen and oxygen atoms in total. The zero-order chi connectivity index (χ0) is 18.7. The Balaban J connectivity index is 2.53. The van der Waals surface area contributed by atoms with Crippen LogP contribution in [0.4, 0.5) is 10.1 Å². The summed E-state index contributed by atoms with van der Waals surface area (Å²) < 4.78 is 18.9. The lowest BCUT2D eigenvalue weighted by atomic mass is 10.1. The fraction of sp³-hybridized carbons (Fsp3) is 0.267. The van der Waals surface area contributed by atoms with Crippen molar-refractivity contribution in [3.63, 3.8) is 0 Å². The van der Waals surface area contributed by atoms with Crippen molar-refractivity contribution in [2.75, 3.05) is 32.1 Å². The van der Waals surface area contributed by atoms with E-state index in [1.807, 2.05) is 0 Å². The summed E-state index contributed by atoms with van der Waals surface area (Å²) in [6.45, 7) is -0.525. The number of carbonyl (C=O) groups excluding carboxylic acids is 2. The number of halogens is 2. The molecule has 1 amide bonds. The molecule has 0 aromatic heterocycles. The van der Waals surface area contributed by atoms with Crippen LogP contribution in [0, 0.1) is 5.82 Å². The molecular weight excluding hydrogens is 403 g/mol. The maximum absolute atomic E-state index is 14.2. The average molecular weight is 417 g/mol. The van der Waals surface area contributed by atoms with Gasteiger partial charge in [0.2, 0.25) is 0 Å². The minimum absolute atomic E-state index is 0.0444. The van der Waals surface area contributed by atoms with Crippen molar-refractivity contribution in [3.05, 3.63) is 39.3 Å². The molecule has 0 aliphatic carbocycles. The van der Waals surface area contributed by atoms with Gasteiger partial charge in [-0.3, -0.25) is 4.79 Å². The molecule has 0 spiro atoms. The van der Waals surface area contributed by atoms with Crippen LogP contribution in [-0.4, -0.2) is 59.8 Å². The van der Waals surface area contributed by atoms with Crippen molar-refractivity contribution in [3.8, 4) is 0 Å². The summed E-state index contributed by atoms with van der Waals surface area (Å²) in [6.07, 6.45) is 0. The molecular formula is C15H14BrFN2O6. The summed E-state index contributed by atoms with van der Waals surface area (Å²) in [4.78, 5) is 36.9. The Morgan fingerprint density at radius 3 is 2.68 bits per heavy atom. The molecule has 1 aliphatic rings. The van der Waals surface area contributed by atoms with E-state index in [4.69, 9.17) is 5.11 Å². The molecule has 0 saturated heterocycles. The zero-order valence-electron chi connectivity index (χ0n) is 13.0. The van der Waals surface area contributed by atoms with E-state index in [-0.39, 0.29) is 35.4 Å². The first kappa shape index (κ1) is 18.9. The number of rotatable bonds is 6. The Morgan fingerprint density at radius 1 is 1.44 bits per heavy atom. The SMILES string of the molecule is COC(=O)C1=C(Nc2c(F)ccc(Br)c2C(=O)O)C(=O)N(CCO)C1. The largest absolute Gasteiger partial charge is 0.478 e. The quantitative estimate of drug-likeness (QED) is 0.591. The Labute approximate surface area is 150 Å². The highest BCUT2D eigenvalue weighted by molar-refractivity contribution is 9.10. The number of aliphatic hydroxyl groups excluding tert-OH is 1. The van der Waals surface area contributed by atoms with Crippen LogP contribution in [0.15, 0.2) is 27.9 Å². The number of ether oxygens (including phenoxy) is 1. The van der Waals surface area contributed by atoms with Crippen molar-refractivity contribution in [2.24, 2.45) is 0 Å². The second-order valence-electron chi connectivity index (χ2n) is 5.00. The number of benzene rings is 1. The van der Waals surface area contributed by atoms with E-state index in [1.165, 1.54) is 6.07 Å². The molecule has 0 bridgehead atoms. The second kappa shape index (κ2) is 7.62. The summed E-state index contributed by atoms with van der Waals surface area (Å²) in [5.74, 6) is -3.83. The van der Waals surface area contributed by atoms with Crippen LogP contribution < -0.4 is 5.32 Å². The number of anilines is 1. The van der Waals surface area contributed by atoms with Gasteiger partial charge >= 0.3 is 11.9 Å². The van der Waals surface area contributed by atoms with Crippen molar-refractivity contribution in [1.82, 2.24) is 4.90 Å². The Hall–Kier alpha value is -2.46. The van der Waals surface area contributed by atoms with Crippen LogP contribution in [0.5, 0.6) is 0 Å². The maximum atomic E-state index is 14.2.